The monoisotopic (exact) mass is 273 g/mol. The molecule has 0 unspecified atom stereocenters. The standard InChI is InChI=1S/C16H19NO3/c1-2-17(9-11-7-8-11)10-14-15(16(18)19)12-5-3-4-6-13(12)20-14/h3-6,11H,2,7-10H2,1H3,(H,18,19). The second-order valence-electron chi connectivity index (χ2n) is 5.47. The molecule has 2 aromatic rings. The Bertz CT molecular complexity index is 628. The molecule has 1 aliphatic rings. The molecule has 1 N–H and O–H groups in total. The smallest absolute Gasteiger partial charge is 0.339 e. The summed E-state index contributed by atoms with van der Waals surface area (Å²) >= 11 is 0. The normalized spacial score (nSPS) is 15.1. The molecule has 0 bridgehead atoms. The lowest BCUT2D eigenvalue weighted by Gasteiger charge is -2.18. The van der Waals surface area contributed by atoms with Crippen molar-refractivity contribution in [2.75, 3.05) is 13.1 Å². The van der Waals surface area contributed by atoms with Crippen LogP contribution in [0.1, 0.15) is 35.9 Å². The third-order valence-corrected chi connectivity index (χ3v) is 3.91. The average molecular weight is 273 g/mol. The number of carboxylic acid groups (broad SMARTS) is 1. The largest absolute Gasteiger partial charge is 0.478 e. The van der Waals surface area contributed by atoms with Crippen LogP contribution in [-0.2, 0) is 6.54 Å². The second-order valence-corrected chi connectivity index (χ2v) is 5.47. The van der Waals surface area contributed by atoms with Gasteiger partial charge in [0.2, 0.25) is 0 Å². The topological polar surface area (TPSA) is 53.7 Å². The molecule has 0 radical (unpaired) electrons. The number of nitrogens with zero attached hydrogens (tertiary/aromatic N) is 1. The highest BCUT2D eigenvalue weighted by atomic mass is 16.4. The first kappa shape index (κ1) is 13.2. The van der Waals surface area contributed by atoms with E-state index in [1.54, 1.807) is 0 Å². The molecule has 1 aromatic heterocycles. The average Bonchev–Trinajstić information content (AvgIpc) is 3.16. The molecule has 0 amide bonds. The van der Waals surface area contributed by atoms with Crippen molar-refractivity contribution in [3.63, 3.8) is 0 Å². The van der Waals surface area contributed by atoms with E-state index >= 15 is 0 Å². The van der Waals surface area contributed by atoms with Crippen LogP contribution >= 0.6 is 0 Å². The van der Waals surface area contributed by atoms with Crippen LogP contribution in [0.5, 0.6) is 0 Å². The van der Waals surface area contributed by atoms with E-state index in [1.165, 1.54) is 12.8 Å². The summed E-state index contributed by atoms with van der Waals surface area (Å²) in [5.74, 6) is 0.446. The van der Waals surface area contributed by atoms with Gasteiger partial charge in [0.05, 0.1) is 6.54 Å². The van der Waals surface area contributed by atoms with Gasteiger partial charge in [0, 0.05) is 11.9 Å². The van der Waals surface area contributed by atoms with E-state index < -0.39 is 5.97 Å². The number of rotatable bonds is 6. The van der Waals surface area contributed by atoms with Crippen LogP contribution < -0.4 is 0 Å². The van der Waals surface area contributed by atoms with E-state index in [-0.39, 0.29) is 0 Å². The molecule has 4 heteroatoms. The summed E-state index contributed by atoms with van der Waals surface area (Å²) in [7, 11) is 0. The van der Waals surface area contributed by atoms with Gasteiger partial charge in [0.15, 0.2) is 0 Å². The molecular weight excluding hydrogens is 254 g/mol. The number of aromatic carboxylic acids is 1. The fourth-order valence-electron chi connectivity index (χ4n) is 2.62. The molecule has 1 aliphatic carbocycles. The van der Waals surface area contributed by atoms with Gasteiger partial charge in [-0.1, -0.05) is 25.1 Å². The Kier molecular flexibility index (Phi) is 3.49. The van der Waals surface area contributed by atoms with Gasteiger partial charge in [-0.25, -0.2) is 4.79 Å². The zero-order valence-corrected chi connectivity index (χ0v) is 11.6. The van der Waals surface area contributed by atoms with Crippen LogP contribution in [0.15, 0.2) is 28.7 Å². The Balaban J connectivity index is 1.92. The molecule has 20 heavy (non-hydrogen) atoms. The minimum absolute atomic E-state index is 0.315. The van der Waals surface area contributed by atoms with Gasteiger partial charge < -0.3 is 9.52 Å². The maximum absolute atomic E-state index is 11.5. The van der Waals surface area contributed by atoms with E-state index in [9.17, 15) is 9.90 Å². The second kappa shape index (κ2) is 5.29. The fourth-order valence-corrected chi connectivity index (χ4v) is 2.62. The van der Waals surface area contributed by atoms with Crippen molar-refractivity contribution in [1.82, 2.24) is 4.90 Å². The zero-order valence-electron chi connectivity index (χ0n) is 11.6. The van der Waals surface area contributed by atoms with Gasteiger partial charge >= 0.3 is 5.97 Å². The van der Waals surface area contributed by atoms with Gasteiger partial charge in [-0.15, -0.1) is 0 Å². The highest BCUT2D eigenvalue weighted by molar-refractivity contribution is 6.03. The molecule has 0 aliphatic heterocycles. The summed E-state index contributed by atoms with van der Waals surface area (Å²) in [4.78, 5) is 13.8. The first-order valence-corrected chi connectivity index (χ1v) is 7.15. The van der Waals surface area contributed by atoms with Crippen molar-refractivity contribution in [2.45, 2.75) is 26.3 Å². The summed E-state index contributed by atoms with van der Waals surface area (Å²) in [6.45, 7) is 4.62. The molecule has 1 saturated carbocycles. The SMILES string of the molecule is CCN(Cc1oc2ccccc2c1C(=O)O)CC1CC1. The molecule has 1 heterocycles. The summed E-state index contributed by atoms with van der Waals surface area (Å²) in [5, 5.41) is 10.1. The molecule has 0 saturated heterocycles. The van der Waals surface area contributed by atoms with Gasteiger partial charge in [0.1, 0.15) is 16.9 Å². The highest BCUT2D eigenvalue weighted by Gasteiger charge is 2.26. The predicted octanol–water partition coefficient (Wildman–Crippen LogP) is 3.36. The number of carboxylic acids is 1. The molecule has 1 aromatic carbocycles. The summed E-state index contributed by atoms with van der Waals surface area (Å²) in [6.07, 6.45) is 2.59. The molecule has 4 nitrogen and oxygen atoms in total. The van der Waals surface area contributed by atoms with Crippen LogP contribution in [-0.4, -0.2) is 29.1 Å². The molecule has 3 rings (SSSR count). The highest BCUT2D eigenvalue weighted by Crippen LogP contribution is 2.31. The minimum atomic E-state index is -0.910. The van der Waals surface area contributed by atoms with Crippen molar-refractivity contribution in [1.29, 1.82) is 0 Å². The maximum Gasteiger partial charge on any atom is 0.339 e. The van der Waals surface area contributed by atoms with Crippen molar-refractivity contribution in [3.8, 4) is 0 Å². The number of carbonyl (C=O) groups is 1. The van der Waals surface area contributed by atoms with Crippen molar-refractivity contribution < 1.29 is 14.3 Å². The Labute approximate surface area is 118 Å². The van der Waals surface area contributed by atoms with Crippen LogP contribution in [0.4, 0.5) is 0 Å². The van der Waals surface area contributed by atoms with E-state index in [4.69, 9.17) is 4.42 Å². The third-order valence-electron chi connectivity index (χ3n) is 3.91. The van der Waals surface area contributed by atoms with E-state index in [1.807, 2.05) is 24.3 Å². The maximum atomic E-state index is 11.5. The fraction of sp³-hybridized carbons (Fsp3) is 0.438. The molecule has 0 atom stereocenters. The van der Waals surface area contributed by atoms with Gasteiger partial charge in [-0.2, -0.15) is 0 Å². The lowest BCUT2D eigenvalue weighted by Crippen LogP contribution is -2.25. The van der Waals surface area contributed by atoms with Crippen LogP contribution in [0.3, 0.4) is 0 Å². The number of para-hydroxylation sites is 1. The summed E-state index contributed by atoms with van der Waals surface area (Å²) in [6, 6.07) is 7.34. The van der Waals surface area contributed by atoms with E-state index in [2.05, 4.69) is 11.8 Å². The Morgan fingerprint density at radius 3 is 2.80 bits per heavy atom. The number of hydrogen-bond donors (Lipinski definition) is 1. The van der Waals surface area contributed by atoms with E-state index in [0.29, 0.717) is 28.8 Å². The third kappa shape index (κ3) is 2.56. The molecular formula is C16H19NO3. The molecule has 1 fully saturated rings. The molecule has 106 valence electrons. The number of hydrogen-bond acceptors (Lipinski definition) is 3. The Morgan fingerprint density at radius 2 is 2.15 bits per heavy atom. The molecule has 0 spiro atoms. The predicted molar refractivity (Wildman–Crippen MR) is 76.8 cm³/mol. The van der Waals surface area contributed by atoms with Crippen molar-refractivity contribution in [2.24, 2.45) is 5.92 Å². The zero-order chi connectivity index (χ0) is 14.1. The van der Waals surface area contributed by atoms with Crippen molar-refractivity contribution in [3.05, 3.63) is 35.6 Å². The Hall–Kier alpha value is -1.81. The quantitative estimate of drug-likeness (QED) is 0.876. The number of benzene rings is 1. The van der Waals surface area contributed by atoms with Crippen molar-refractivity contribution >= 4 is 16.9 Å². The minimum Gasteiger partial charge on any atom is -0.478 e. The lowest BCUT2D eigenvalue weighted by atomic mass is 10.1. The summed E-state index contributed by atoms with van der Waals surface area (Å²) in [5.41, 5.74) is 0.970. The van der Waals surface area contributed by atoms with E-state index in [0.717, 1.165) is 19.0 Å². The lowest BCUT2D eigenvalue weighted by molar-refractivity contribution is 0.0694. The summed E-state index contributed by atoms with van der Waals surface area (Å²) < 4.78 is 5.77. The first-order valence-electron chi connectivity index (χ1n) is 7.15. The van der Waals surface area contributed by atoms with Gasteiger partial charge in [-0.05, 0) is 31.4 Å². The van der Waals surface area contributed by atoms with Gasteiger partial charge in [0.25, 0.3) is 0 Å². The van der Waals surface area contributed by atoms with Crippen LogP contribution in [0.2, 0.25) is 0 Å². The number of fused-ring (bicyclic) bond motifs is 1. The number of furan rings is 1. The van der Waals surface area contributed by atoms with Crippen LogP contribution in [0, 0.1) is 5.92 Å². The van der Waals surface area contributed by atoms with Crippen LogP contribution in [0.25, 0.3) is 11.0 Å². The Morgan fingerprint density at radius 1 is 1.40 bits per heavy atom. The first-order chi connectivity index (χ1) is 9.69. The van der Waals surface area contributed by atoms with Gasteiger partial charge in [-0.3, -0.25) is 4.90 Å².